The molecule has 1 aromatic carbocycles. The zero-order chi connectivity index (χ0) is 30.1. The highest BCUT2D eigenvalue weighted by molar-refractivity contribution is 5.81. The van der Waals surface area contributed by atoms with Gasteiger partial charge in [0.15, 0.2) is 11.5 Å². The Bertz CT molecular complexity index is 968. The predicted molar refractivity (Wildman–Crippen MR) is 144 cm³/mol. The summed E-state index contributed by atoms with van der Waals surface area (Å²) in [7, 11) is 1.18. The van der Waals surface area contributed by atoms with Crippen molar-refractivity contribution in [3.05, 3.63) is 23.8 Å². The first kappa shape index (κ1) is 34.5. The summed E-state index contributed by atoms with van der Waals surface area (Å²) in [5.41, 5.74) is 5.21. The van der Waals surface area contributed by atoms with Crippen LogP contribution in [-0.2, 0) is 34.9 Å². The van der Waals surface area contributed by atoms with Gasteiger partial charge in [0.2, 0.25) is 0 Å². The zero-order valence-corrected chi connectivity index (χ0v) is 24.3. The van der Waals surface area contributed by atoms with Crippen molar-refractivity contribution in [2.75, 3.05) is 20.3 Å². The zero-order valence-electron chi connectivity index (χ0n) is 24.3. The Balaban J connectivity index is 3.17. The van der Waals surface area contributed by atoms with Gasteiger partial charge in [-0.1, -0.05) is 39.7 Å². The molecule has 0 aliphatic carbocycles. The fourth-order valence-corrected chi connectivity index (χ4v) is 3.69. The molecule has 1 aromatic rings. The van der Waals surface area contributed by atoms with E-state index in [0.29, 0.717) is 24.8 Å². The van der Waals surface area contributed by atoms with E-state index in [1.807, 2.05) is 20.8 Å². The van der Waals surface area contributed by atoms with E-state index in [9.17, 15) is 19.2 Å². The van der Waals surface area contributed by atoms with Gasteiger partial charge in [-0.3, -0.25) is 4.79 Å². The average molecular weight is 570 g/mol. The van der Waals surface area contributed by atoms with E-state index in [-0.39, 0.29) is 43.7 Å². The Morgan fingerprint density at radius 1 is 0.800 bits per heavy atom. The van der Waals surface area contributed by atoms with Crippen molar-refractivity contribution in [3.8, 4) is 11.5 Å². The number of benzene rings is 1. The Morgan fingerprint density at radius 2 is 1.35 bits per heavy atom. The molecule has 0 fully saturated rings. The second-order valence-corrected chi connectivity index (χ2v) is 9.44. The molecule has 1 rings (SSSR count). The molecular formula is C28H43NO11. The van der Waals surface area contributed by atoms with E-state index >= 15 is 0 Å². The number of nitrogens with two attached hydrogens (primary N) is 1. The minimum absolute atomic E-state index is 0.0897. The number of esters is 1. The lowest BCUT2D eigenvalue weighted by Gasteiger charge is -2.26. The van der Waals surface area contributed by atoms with Crippen LogP contribution in [0.25, 0.3) is 0 Å². The summed E-state index contributed by atoms with van der Waals surface area (Å²) in [6.07, 6.45) is -0.291. The van der Waals surface area contributed by atoms with E-state index in [0.717, 1.165) is 12.8 Å². The van der Waals surface area contributed by atoms with Crippen LogP contribution in [0.5, 0.6) is 11.5 Å². The lowest BCUT2D eigenvalue weighted by Crippen LogP contribution is -2.51. The van der Waals surface area contributed by atoms with Crippen molar-refractivity contribution in [3.63, 3.8) is 0 Å². The summed E-state index contributed by atoms with van der Waals surface area (Å²) in [6.45, 7) is 9.20. The van der Waals surface area contributed by atoms with Crippen molar-refractivity contribution in [1.29, 1.82) is 0 Å². The largest absolute Gasteiger partial charge is 0.514 e. The van der Waals surface area contributed by atoms with Gasteiger partial charge in [-0.25, -0.2) is 14.4 Å². The lowest BCUT2D eigenvalue weighted by atomic mass is 9.88. The number of hydrogen-bond acceptors (Lipinski definition) is 12. The predicted octanol–water partition coefficient (Wildman–Crippen LogP) is 5.46. The normalized spacial score (nSPS) is 13.7. The highest BCUT2D eigenvalue weighted by Crippen LogP contribution is 2.31. The number of methoxy groups -OCH3 is 1. The molecular weight excluding hydrogens is 526 g/mol. The van der Waals surface area contributed by atoms with Crippen LogP contribution in [0.1, 0.15) is 78.7 Å². The van der Waals surface area contributed by atoms with Crippen LogP contribution in [0.15, 0.2) is 18.2 Å². The minimum atomic E-state index is -1.61. The standard InChI is InChI=1S/C28H43NO11/c1-7-10-19(4)37-26(32)39-22-13-12-21(17-23(22)40-27(33)38-20(5)11-8-2)18-28(29,24(30)34-6)14-16-36-25(31)35-15-9-3/h12-13,17,19-20H,7-11,14-16,18,29H2,1-6H3/t19-,20?,28+/m0/s1. The molecule has 0 amide bonds. The van der Waals surface area contributed by atoms with E-state index in [2.05, 4.69) is 0 Å². The maximum Gasteiger partial charge on any atom is 0.514 e. The third-order valence-electron chi connectivity index (χ3n) is 5.68. The smallest absolute Gasteiger partial charge is 0.468 e. The van der Waals surface area contributed by atoms with Crippen molar-refractivity contribution in [2.24, 2.45) is 5.73 Å². The van der Waals surface area contributed by atoms with Crippen LogP contribution in [0, 0.1) is 0 Å². The highest BCUT2D eigenvalue weighted by atomic mass is 16.8. The Labute approximate surface area is 235 Å². The topological polar surface area (TPSA) is 159 Å². The fourth-order valence-electron chi connectivity index (χ4n) is 3.69. The van der Waals surface area contributed by atoms with Crippen molar-refractivity contribution in [1.82, 2.24) is 0 Å². The highest BCUT2D eigenvalue weighted by Gasteiger charge is 2.36. The molecule has 3 atom stereocenters. The van der Waals surface area contributed by atoms with E-state index in [1.165, 1.54) is 25.3 Å². The molecule has 0 bridgehead atoms. The number of hydrogen-bond donors (Lipinski definition) is 1. The van der Waals surface area contributed by atoms with Crippen LogP contribution < -0.4 is 15.2 Å². The monoisotopic (exact) mass is 569 g/mol. The van der Waals surface area contributed by atoms with Crippen molar-refractivity contribution >= 4 is 24.4 Å². The third kappa shape index (κ3) is 12.5. The maximum absolute atomic E-state index is 12.6. The van der Waals surface area contributed by atoms with Crippen LogP contribution in [-0.4, -0.2) is 62.5 Å². The summed E-state index contributed by atoms with van der Waals surface area (Å²) in [5, 5.41) is 0. The van der Waals surface area contributed by atoms with Gasteiger partial charge in [0.05, 0.1) is 20.3 Å². The first-order chi connectivity index (χ1) is 19.0. The molecule has 12 heteroatoms. The molecule has 0 saturated carbocycles. The van der Waals surface area contributed by atoms with E-state index in [1.54, 1.807) is 13.8 Å². The Morgan fingerprint density at radius 3 is 1.88 bits per heavy atom. The summed E-state index contributed by atoms with van der Waals surface area (Å²) in [6, 6.07) is 4.32. The molecule has 0 aromatic heterocycles. The molecule has 0 aliphatic heterocycles. The quantitative estimate of drug-likeness (QED) is 0.152. The molecule has 12 nitrogen and oxygen atoms in total. The van der Waals surface area contributed by atoms with E-state index < -0.39 is 36.1 Å². The van der Waals surface area contributed by atoms with Gasteiger partial charge < -0.3 is 38.9 Å². The SMILES string of the molecule is CCCOC(=O)OCC[C@@](N)(Cc1ccc(OC(=O)O[C@@H](C)CCC)c(OC(=O)OC(C)CCC)c1)C(=O)OC. The second-order valence-electron chi connectivity index (χ2n) is 9.44. The molecule has 2 N–H and O–H groups in total. The van der Waals surface area contributed by atoms with Crippen LogP contribution in [0.3, 0.4) is 0 Å². The van der Waals surface area contributed by atoms with Gasteiger partial charge in [0.25, 0.3) is 0 Å². The van der Waals surface area contributed by atoms with Crippen LogP contribution in [0.4, 0.5) is 14.4 Å². The molecule has 0 heterocycles. The van der Waals surface area contributed by atoms with Crippen molar-refractivity contribution < 1.29 is 52.3 Å². The molecule has 40 heavy (non-hydrogen) atoms. The maximum atomic E-state index is 12.6. The van der Waals surface area contributed by atoms with E-state index in [4.69, 9.17) is 38.9 Å². The van der Waals surface area contributed by atoms with Crippen molar-refractivity contribution in [2.45, 2.75) is 97.3 Å². The number of carbonyl (C=O) groups excluding carboxylic acids is 4. The number of rotatable bonds is 16. The van der Waals surface area contributed by atoms with Gasteiger partial charge in [-0.15, -0.1) is 0 Å². The summed E-state index contributed by atoms with van der Waals surface area (Å²) >= 11 is 0. The van der Waals surface area contributed by atoms with Gasteiger partial charge in [0, 0.05) is 12.8 Å². The molecule has 0 spiro atoms. The Hall–Kier alpha value is -3.54. The second kappa shape index (κ2) is 17.9. The molecule has 0 radical (unpaired) electrons. The van der Waals surface area contributed by atoms with Crippen LogP contribution in [0.2, 0.25) is 0 Å². The fraction of sp³-hybridized carbons (Fsp3) is 0.643. The molecule has 0 aliphatic rings. The molecule has 226 valence electrons. The number of carbonyl (C=O) groups is 4. The third-order valence-corrected chi connectivity index (χ3v) is 5.68. The van der Waals surface area contributed by atoms with Crippen LogP contribution >= 0.6 is 0 Å². The van der Waals surface area contributed by atoms with Gasteiger partial charge in [-0.2, -0.15) is 0 Å². The average Bonchev–Trinajstić information content (AvgIpc) is 2.88. The lowest BCUT2D eigenvalue weighted by molar-refractivity contribution is -0.147. The first-order valence-corrected chi connectivity index (χ1v) is 13.5. The summed E-state index contributed by atoms with van der Waals surface area (Å²) in [5.74, 6) is -0.986. The number of ether oxygens (including phenoxy) is 7. The molecule has 1 unspecified atom stereocenters. The summed E-state index contributed by atoms with van der Waals surface area (Å²) < 4.78 is 35.9. The minimum Gasteiger partial charge on any atom is -0.468 e. The first-order valence-electron chi connectivity index (χ1n) is 13.5. The summed E-state index contributed by atoms with van der Waals surface area (Å²) in [4.78, 5) is 49.0. The van der Waals surface area contributed by atoms with Gasteiger partial charge >= 0.3 is 24.4 Å². The Kier molecular flexibility index (Phi) is 15.5. The molecule has 0 saturated heterocycles. The van der Waals surface area contributed by atoms with Gasteiger partial charge in [0.1, 0.15) is 17.7 Å². The van der Waals surface area contributed by atoms with Gasteiger partial charge in [-0.05, 0) is 50.8 Å².